The summed E-state index contributed by atoms with van der Waals surface area (Å²) in [5.74, 6) is 0. The van der Waals surface area contributed by atoms with Crippen molar-refractivity contribution >= 4 is 6.09 Å². The molecule has 0 aliphatic carbocycles. The number of rotatable bonds is 1. The van der Waals surface area contributed by atoms with Gasteiger partial charge < -0.3 is 20.5 Å². The minimum Gasteiger partial charge on any atom is -0.444 e. The van der Waals surface area contributed by atoms with Gasteiger partial charge in [-0.05, 0) is 27.2 Å². The van der Waals surface area contributed by atoms with E-state index in [1.54, 1.807) is 0 Å². The van der Waals surface area contributed by atoms with Crippen molar-refractivity contribution in [2.45, 2.75) is 44.9 Å². The summed E-state index contributed by atoms with van der Waals surface area (Å²) in [6.07, 6.45) is 0.241. The molecule has 1 rings (SSSR count). The Morgan fingerprint density at radius 1 is 1.60 bits per heavy atom. The largest absolute Gasteiger partial charge is 0.444 e. The van der Waals surface area contributed by atoms with Crippen LogP contribution in [0.5, 0.6) is 0 Å². The Hall–Kier alpha value is -0.810. The fourth-order valence-electron chi connectivity index (χ4n) is 1.67. The lowest BCUT2D eigenvalue weighted by molar-refractivity contribution is 0.0175. The number of nitrogens with zero attached hydrogens (tertiary/aromatic N) is 1. The molecular formula is C10H20N2O3. The number of amides is 1. The van der Waals surface area contributed by atoms with Crippen molar-refractivity contribution in [2.75, 3.05) is 13.2 Å². The molecule has 0 aromatic heterocycles. The van der Waals surface area contributed by atoms with Crippen molar-refractivity contribution in [3.05, 3.63) is 0 Å². The van der Waals surface area contributed by atoms with E-state index in [1.165, 1.54) is 4.90 Å². The van der Waals surface area contributed by atoms with Gasteiger partial charge in [0.2, 0.25) is 0 Å². The van der Waals surface area contributed by atoms with Crippen LogP contribution in [0.25, 0.3) is 0 Å². The van der Waals surface area contributed by atoms with E-state index in [2.05, 4.69) is 0 Å². The predicted molar refractivity (Wildman–Crippen MR) is 56.4 cm³/mol. The van der Waals surface area contributed by atoms with Gasteiger partial charge in [0.1, 0.15) is 5.60 Å². The molecule has 1 aliphatic rings. The Bertz CT molecular complexity index is 237. The summed E-state index contributed by atoms with van der Waals surface area (Å²) in [7, 11) is 0. The predicted octanol–water partition coefficient (Wildman–Crippen LogP) is 0.315. The number of carbonyl (C=O) groups is 1. The number of likely N-dealkylation sites (tertiary alicyclic amines) is 1. The zero-order chi connectivity index (χ0) is 11.6. The topological polar surface area (TPSA) is 75.8 Å². The molecule has 0 bridgehead atoms. The lowest BCUT2D eigenvalue weighted by atomic mass is 10.2. The van der Waals surface area contributed by atoms with Crippen LogP contribution >= 0.6 is 0 Å². The summed E-state index contributed by atoms with van der Waals surface area (Å²) < 4.78 is 5.22. The van der Waals surface area contributed by atoms with Gasteiger partial charge in [-0.3, -0.25) is 0 Å². The summed E-state index contributed by atoms with van der Waals surface area (Å²) in [5, 5.41) is 9.10. The molecule has 1 aliphatic heterocycles. The SMILES string of the molecule is CC(C)(C)OC(=O)N1CC(N)C[C@H]1CO. The molecule has 0 saturated carbocycles. The number of nitrogens with two attached hydrogens (primary N) is 1. The number of aliphatic hydroxyl groups is 1. The van der Waals surface area contributed by atoms with Gasteiger partial charge in [-0.2, -0.15) is 0 Å². The third kappa shape index (κ3) is 3.35. The van der Waals surface area contributed by atoms with Crippen molar-refractivity contribution in [1.29, 1.82) is 0 Å². The average Bonchev–Trinajstić information content (AvgIpc) is 2.43. The molecule has 1 unspecified atom stereocenters. The molecule has 3 N–H and O–H groups in total. The highest BCUT2D eigenvalue weighted by atomic mass is 16.6. The van der Waals surface area contributed by atoms with Gasteiger partial charge >= 0.3 is 6.09 Å². The fourth-order valence-corrected chi connectivity index (χ4v) is 1.67. The number of carbonyl (C=O) groups excluding carboxylic acids is 1. The van der Waals surface area contributed by atoms with Gasteiger partial charge in [-0.1, -0.05) is 0 Å². The normalized spacial score (nSPS) is 26.9. The van der Waals surface area contributed by atoms with Gasteiger partial charge in [0.25, 0.3) is 0 Å². The molecule has 88 valence electrons. The Labute approximate surface area is 90.2 Å². The summed E-state index contributed by atoms with van der Waals surface area (Å²) in [6, 6.07) is -0.260. The highest BCUT2D eigenvalue weighted by molar-refractivity contribution is 5.69. The lowest BCUT2D eigenvalue weighted by Gasteiger charge is -2.27. The molecule has 0 aromatic rings. The minimum atomic E-state index is -0.510. The zero-order valence-electron chi connectivity index (χ0n) is 9.56. The number of hydrogen-bond donors (Lipinski definition) is 2. The lowest BCUT2D eigenvalue weighted by Crippen LogP contribution is -2.41. The van der Waals surface area contributed by atoms with E-state index >= 15 is 0 Å². The van der Waals surface area contributed by atoms with E-state index in [4.69, 9.17) is 15.6 Å². The van der Waals surface area contributed by atoms with E-state index < -0.39 is 11.7 Å². The minimum absolute atomic E-state index is 0.0605. The second kappa shape index (κ2) is 4.37. The fraction of sp³-hybridized carbons (Fsp3) is 0.900. The van der Waals surface area contributed by atoms with Crippen molar-refractivity contribution in [3.63, 3.8) is 0 Å². The van der Waals surface area contributed by atoms with Crippen LogP contribution in [-0.2, 0) is 4.74 Å². The Kier molecular flexibility index (Phi) is 3.57. The van der Waals surface area contributed by atoms with Gasteiger partial charge in [0.05, 0.1) is 12.6 Å². The number of ether oxygens (including phenoxy) is 1. The first-order valence-corrected chi connectivity index (χ1v) is 5.19. The second-order valence-corrected chi connectivity index (χ2v) is 4.96. The number of hydrogen-bond acceptors (Lipinski definition) is 4. The van der Waals surface area contributed by atoms with Crippen LogP contribution in [0, 0.1) is 0 Å². The van der Waals surface area contributed by atoms with Crippen molar-refractivity contribution < 1.29 is 14.6 Å². The highest BCUT2D eigenvalue weighted by Crippen LogP contribution is 2.19. The first-order valence-electron chi connectivity index (χ1n) is 5.19. The van der Waals surface area contributed by atoms with Crippen molar-refractivity contribution in [1.82, 2.24) is 4.90 Å². The van der Waals surface area contributed by atoms with Crippen LogP contribution in [0.15, 0.2) is 0 Å². The molecule has 1 fully saturated rings. The summed E-state index contributed by atoms with van der Waals surface area (Å²) in [6.45, 7) is 5.84. The second-order valence-electron chi connectivity index (χ2n) is 4.96. The quantitative estimate of drug-likeness (QED) is 0.661. The standard InChI is InChI=1S/C10H20N2O3/c1-10(2,3)15-9(14)12-5-7(11)4-8(12)6-13/h7-8,13H,4-6,11H2,1-3H3/t7?,8-/m0/s1. The Balaban J connectivity index is 2.59. The molecule has 0 spiro atoms. The van der Waals surface area contributed by atoms with Crippen molar-refractivity contribution in [2.24, 2.45) is 5.73 Å². The summed E-state index contributed by atoms with van der Waals surface area (Å²) in [4.78, 5) is 13.2. The van der Waals surface area contributed by atoms with E-state index in [9.17, 15) is 4.79 Å². The molecule has 0 radical (unpaired) electrons. The zero-order valence-corrected chi connectivity index (χ0v) is 9.56. The Morgan fingerprint density at radius 2 is 2.20 bits per heavy atom. The van der Waals surface area contributed by atoms with Gasteiger partial charge in [-0.15, -0.1) is 0 Å². The molecule has 0 aromatic carbocycles. The van der Waals surface area contributed by atoms with Gasteiger partial charge in [-0.25, -0.2) is 4.79 Å². The molecule has 15 heavy (non-hydrogen) atoms. The van der Waals surface area contributed by atoms with Crippen LogP contribution in [0.1, 0.15) is 27.2 Å². The molecule has 1 saturated heterocycles. The van der Waals surface area contributed by atoms with Gasteiger partial charge in [0, 0.05) is 12.6 Å². The third-order valence-electron chi connectivity index (χ3n) is 2.29. The first-order chi connectivity index (χ1) is 6.83. The van der Waals surface area contributed by atoms with Crippen LogP contribution in [0.2, 0.25) is 0 Å². The van der Waals surface area contributed by atoms with Crippen molar-refractivity contribution in [3.8, 4) is 0 Å². The maximum Gasteiger partial charge on any atom is 0.410 e. The maximum atomic E-state index is 11.7. The average molecular weight is 216 g/mol. The van der Waals surface area contributed by atoms with Crippen LogP contribution in [-0.4, -0.2) is 46.9 Å². The monoisotopic (exact) mass is 216 g/mol. The van der Waals surface area contributed by atoms with Crippen LogP contribution < -0.4 is 5.73 Å². The molecule has 5 heteroatoms. The highest BCUT2D eigenvalue weighted by Gasteiger charge is 2.35. The van der Waals surface area contributed by atoms with E-state index in [1.807, 2.05) is 20.8 Å². The van der Waals surface area contributed by atoms with E-state index in [-0.39, 0.29) is 18.7 Å². The molecular weight excluding hydrogens is 196 g/mol. The summed E-state index contributed by atoms with van der Waals surface area (Å²) in [5.41, 5.74) is 5.22. The molecule has 5 nitrogen and oxygen atoms in total. The number of aliphatic hydroxyl groups excluding tert-OH is 1. The van der Waals surface area contributed by atoms with Gasteiger partial charge in [0.15, 0.2) is 0 Å². The third-order valence-corrected chi connectivity index (χ3v) is 2.29. The molecule has 2 atom stereocenters. The Morgan fingerprint density at radius 3 is 2.67 bits per heavy atom. The van der Waals surface area contributed by atoms with Crippen LogP contribution in [0.4, 0.5) is 4.79 Å². The smallest absolute Gasteiger partial charge is 0.410 e. The summed E-state index contributed by atoms with van der Waals surface area (Å²) >= 11 is 0. The molecule has 1 heterocycles. The molecule has 1 amide bonds. The van der Waals surface area contributed by atoms with Crippen LogP contribution in [0.3, 0.4) is 0 Å². The first kappa shape index (κ1) is 12.3. The van der Waals surface area contributed by atoms with E-state index in [0.29, 0.717) is 13.0 Å². The maximum absolute atomic E-state index is 11.7. The van der Waals surface area contributed by atoms with E-state index in [0.717, 1.165) is 0 Å².